The molecular formula is C22H24BrFN4O16. The zero-order chi connectivity index (χ0) is 33.5. The smallest absolute Gasteiger partial charge is 0.364 e. The number of ether oxygens (including phenoxy) is 2. The summed E-state index contributed by atoms with van der Waals surface area (Å²) in [5, 5.41) is 146. The Kier molecular flexibility index (Phi) is 7.90. The number of rotatable bonds is 7. The Labute approximate surface area is 250 Å². The van der Waals surface area contributed by atoms with E-state index in [4.69, 9.17) is 9.47 Å². The molecule has 1 saturated heterocycles. The fourth-order valence-corrected chi connectivity index (χ4v) is 4.81. The predicted octanol–water partition coefficient (Wildman–Crippen LogP) is -5.43. The maximum Gasteiger partial charge on any atom is 0.364 e. The SMILES string of the molecule is COc1cc2c(Nc3ccc(Br)cc3F)ncnc2cc1OC(O)(O)C1(O)C(O)(O)C(O)(O)N(C(O)(O)O)C(O)(O)C1(O)O. The number of aliphatic hydroxyl groups is 14. The number of halogens is 2. The molecule has 2 aromatic carbocycles. The van der Waals surface area contributed by atoms with Crippen LogP contribution in [0.2, 0.25) is 0 Å². The molecule has 1 fully saturated rings. The molecule has 0 bridgehead atoms. The molecule has 1 aliphatic heterocycles. The maximum atomic E-state index is 14.4. The third-order valence-corrected chi connectivity index (χ3v) is 7.19. The number of fused-ring (bicyclic) bond motifs is 1. The molecule has 22 heteroatoms. The fraction of sp³-hybridized carbons (Fsp3) is 0.364. The Morgan fingerprint density at radius 3 is 1.91 bits per heavy atom. The van der Waals surface area contributed by atoms with Crippen molar-refractivity contribution in [3.05, 3.63) is 46.9 Å². The maximum absolute atomic E-state index is 14.4. The van der Waals surface area contributed by atoms with Crippen molar-refractivity contribution in [3.8, 4) is 11.5 Å². The van der Waals surface area contributed by atoms with Crippen molar-refractivity contribution in [3.63, 3.8) is 0 Å². The molecule has 20 nitrogen and oxygen atoms in total. The van der Waals surface area contributed by atoms with Crippen LogP contribution in [0.5, 0.6) is 11.5 Å². The summed E-state index contributed by atoms with van der Waals surface area (Å²) in [5.74, 6) is -28.4. The van der Waals surface area contributed by atoms with Crippen LogP contribution in [0.1, 0.15) is 0 Å². The van der Waals surface area contributed by atoms with E-state index in [-0.39, 0.29) is 22.4 Å². The van der Waals surface area contributed by atoms with E-state index in [0.717, 1.165) is 31.6 Å². The predicted molar refractivity (Wildman–Crippen MR) is 136 cm³/mol. The molecule has 1 aromatic heterocycles. The molecular weight excluding hydrogens is 675 g/mol. The van der Waals surface area contributed by atoms with Crippen LogP contribution in [0.3, 0.4) is 0 Å². The van der Waals surface area contributed by atoms with E-state index in [1.54, 1.807) is 0 Å². The Bertz CT molecular complexity index is 1570. The van der Waals surface area contributed by atoms with E-state index in [1.165, 1.54) is 12.1 Å². The molecule has 15 N–H and O–H groups in total. The molecule has 0 unspecified atom stereocenters. The van der Waals surface area contributed by atoms with E-state index < -0.39 is 63.3 Å². The second-order valence-corrected chi connectivity index (χ2v) is 10.4. The van der Waals surface area contributed by atoms with Crippen LogP contribution in [0.4, 0.5) is 15.9 Å². The number of hydrogen-bond acceptors (Lipinski definition) is 20. The number of anilines is 2. The lowest BCUT2D eigenvalue weighted by Gasteiger charge is -2.64. The van der Waals surface area contributed by atoms with E-state index in [2.05, 4.69) is 31.2 Å². The van der Waals surface area contributed by atoms with Crippen LogP contribution in [0.15, 0.2) is 41.1 Å². The average Bonchev–Trinajstić information content (AvgIpc) is 2.86. The first-order chi connectivity index (χ1) is 19.9. The molecule has 0 saturated carbocycles. The van der Waals surface area contributed by atoms with Crippen molar-refractivity contribution >= 4 is 38.3 Å². The lowest BCUT2D eigenvalue weighted by molar-refractivity contribution is -0.665. The highest BCUT2D eigenvalue weighted by atomic mass is 79.9. The normalized spacial score (nSPS) is 20.8. The van der Waals surface area contributed by atoms with Gasteiger partial charge in [0.15, 0.2) is 11.5 Å². The van der Waals surface area contributed by atoms with Crippen LogP contribution in [0, 0.1) is 5.82 Å². The number of hydrogen-bond donors (Lipinski definition) is 15. The van der Waals surface area contributed by atoms with Gasteiger partial charge >= 0.3 is 12.1 Å². The van der Waals surface area contributed by atoms with E-state index in [9.17, 15) is 75.9 Å². The third kappa shape index (κ3) is 4.65. The fourth-order valence-electron chi connectivity index (χ4n) is 4.48. The first-order valence-electron chi connectivity index (χ1n) is 11.6. The standard InChI is InChI=1S/C22H24BrFN4O16/c1-43-13-5-9-12(25-7-26-15(9)27-11-3-2-8(23)4-10(11)24)6-14(13)44-21(38,39)16(29)17(30,31)19(34,35)28(22(40,41)42)20(36,37)18(16,32)33/h2-7,29-42H,1H3,(H,25,26,27). The largest absolute Gasteiger partial charge is 0.493 e. The van der Waals surface area contributed by atoms with E-state index in [0.29, 0.717) is 4.47 Å². The summed E-state index contributed by atoms with van der Waals surface area (Å²) >= 11 is 3.11. The minimum atomic E-state index is -5.35. The lowest BCUT2D eigenvalue weighted by Crippen LogP contribution is -2.99. The summed E-state index contributed by atoms with van der Waals surface area (Å²) in [7, 11) is 0.968. The third-order valence-electron chi connectivity index (χ3n) is 6.70. The number of likely N-dealkylation sites (tertiary alicyclic amines) is 1. The van der Waals surface area contributed by atoms with Crippen LogP contribution < -0.4 is 14.8 Å². The van der Waals surface area contributed by atoms with Gasteiger partial charge in [-0.2, -0.15) is 0 Å². The van der Waals surface area contributed by atoms with Crippen LogP contribution in [-0.4, -0.2) is 135 Å². The molecule has 0 radical (unpaired) electrons. The zero-order valence-corrected chi connectivity index (χ0v) is 23.2. The van der Waals surface area contributed by atoms with Crippen molar-refractivity contribution < 1.29 is 85.4 Å². The van der Waals surface area contributed by atoms with Gasteiger partial charge in [-0.15, -0.1) is 4.90 Å². The van der Waals surface area contributed by atoms with Gasteiger partial charge in [-0.05, 0) is 24.3 Å². The van der Waals surface area contributed by atoms with Gasteiger partial charge < -0.3 is 86.3 Å². The van der Waals surface area contributed by atoms with Gasteiger partial charge in [0.25, 0.3) is 29.0 Å². The molecule has 0 aliphatic carbocycles. The van der Waals surface area contributed by atoms with Gasteiger partial charge in [0.1, 0.15) is 18.0 Å². The number of nitrogens with zero attached hydrogens (tertiary/aromatic N) is 3. The van der Waals surface area contributed by atoms with Crippen molar-refractivity contribution in [1.29, 1.82) is 0 Å². The Morgan fingerprint density at radius 2 is 1.41 bits per heavy atom. The highest BCUT2D eigenvalue weighted by molar-refractivity contribution is 9.10. The number of methoxy groups -OCH3 is 1. The Hall–Kier alpha value is -3.01. The van der Waals surface area contributed by atoms with Crippen molar-refractivity contribution in [2.24, 2.45) is 0 Å². The molecule has 44 heavy (non-hydrogen) atoms. The summed E-state index contributed by atoms with van der Waals surface area (Å²) in [4.78, 5) is 6.11. The topological polar surface area (TPSA) is 343 Å². The molecule has 4 rings (SSSR count). The van der Waals surface area contributed by atoms with Gasteiger partial charge in [0, 0.05) is 15.9 Å². The van der Waals surface area contributed by atoms with Gasteiger partial charge in [0.2, 0.25) is 0 Å². The molecule has 242 valence electrons. The average molecular weight is 699 g/mol. The summed E-state index contributed by atoms with van der Waals surface area (Å²) in [5.41, 5.74) is -5.59. The van der Waals surface area contributed by atoms with Gasteiger partial charge in [0.05, 0.1) is 18.3 Å². The van der Waals surface area contributed by atoms with Crippen LogP contribution in [-0.2, 0) is 0 Å². The molecule has 0 spiro atoms. The van der Waals surface area contributed by atoms with Crippen molar-refractivity contribution in [2.75, 3.05) is 12.4 Å². The lowest BCUT2D eigenvalue weighted by atomic mass is 9.72. The number of nitrogens with one attached hydrogen (secondary N) is 1. The quantitative estimate of drug-likeness (QED) is 0.102. The number of aromatic nitrogens is 2. The molecule has 3 aromatic rings. The second-order valence-electron chi connectivity index (χ2n) is 9.46. The monoisotopic (exact) mass is 698 g/mol. The summed E-state index contributed by atoms with van der Waals surface area (Å²) in [6.45, 7) is 0. The van der Waals surface area contributed by atoms with E-state index in [1.807, 2.05) is 0 Å². The minimum absolute atomic E-state index is 0.0319. The van der Waals surface area contributed by atoms with E-state index >= 15 is 0 Å². The molecule has 0 amide bonds. The zero-order valence-electron chi connectivity index (χ0n) is 21.6. The minimum Gasteiger partial charge on any atom is -0.493 e. The van der Waals surface area contributed by atoms with Crippen molar-refractivity contribution in [2.45, 2.75) is 41.1 Å². The first kappa shape index (κ1) is 33.9. The van der Waals surface area contributed by atoms with Crippen LogP contribution in [0.25, 0.3) is 10.9 Å². The van der Waals surface area contributed by atoms with Crippen molar-refractivity contribution in [1.82, 2.24) is 14.9 Å². The summed E-state index contributed by atoms with van der Waals surface area (Å²) in [6, 6.07) is 5.80. The summed E-state index contributed by atoms with van der Waals surface area (Å²) < 4.78 is 24.6. The number of piperidine rings is 1. The molecule has 1 aliphatic rings. The second kappa shape index (κ2) is 10.3. The Morgan fingerprint density at radius 1 is 0.841 bits per heavy atom. The highest BCUT2D eigenvalue weighted by Gasteiger charge is 2.93. The van der Waals surface area contributed by atoms with Crippen LogP contribution >= 0.6 is 15.9 Å². The highest BCUT2D eigenvalue weighted by Crippen LogP contribution is 2.55. The van der Waals surface area contributed by atoms with Gasteiger partial charge in [-0.1, -0.05) is 15.9 Å². The first-order valence-corrected chi connectivity index (χ1v) is 12.3. The summed E-state index contributed by atoms with van der Waals surface area (Å²) in [6.07, 6.45) is -4.03. The molecule has 0 atom stereocenters. The number of benzene rings is 2. The van der Waals surface area contributed by atoms with Gasteiger partial charge in [-0.25, -0.2) is 14.4 Å². The van der Waals surface area contributed by atoms with Gasteiger partial charge in [-0.3, -0.25) is 0 Å². The molecule has 2 heterocycles. The Balaban J connectivity index is 1.85.